The van der Waals surface area contributed by atoms with Gasteiger partial charge >= 0.3 is 5.97 Å². The largest absolute Gasteiger partial charge is 0.508 e. The number of aliphatic hydroxyl groups is 3. The van der Waals surface area contributed by atoms with Gasteiger partial charge in [0.25, 0.3) is 0 Å². The third kappa shape index (κ3) is 3.88. The molecule has 1 aliphatic heterocycles. The number of aliphatic hydroxyl groups excluding tert-OH is 3. The Bertz CT molecular complexity index is 1190. The summed E-state index contributed by atoms with van der Waals surface area (Å²) in [6.07, 6.45) is -7.87. The molecule has 11 nitrogen and oxygen atoms in total. The molecule has 4 rings (SSSR count). The van der Waals surface area contributed by atoms with Crippen LogP contribution in [0.15, 0.2) is 24.3 Å². The lowest BCUT2D eigenvalue weighted by atomic mass is 9.82. The van der Waals surface area contributed by atoms with Crippen LogP contribution in [0.3, 0.4) is 0 Å². The second-order valence-electron chi connectivity index (χ2n) is 8.09. The van der Waals surface area contributed by atoms with Gasteiger partial charge in [0.1, 0.15) is 48.3 Å². The van der Waals surface area contributed by atoms with Crippen molar-refractivity contribution in [2.24, 2.45) is 0 Å². The van der Waals surface area contributed by atoms with Crippen molar-refractivity contribution in [3.8, 4) is 17.2 Å². The summed E-state index contributed by atoms with van der Waals surface area (Å²) in [5, 5.41) is 51.1. The number of hydrogen-bond acceptors (Lipinski definition) is 11. The van der Waals surface area contributed by atoms with E-state index in [0.29, 0.717) is 0 Å². The molecule has 34 heavy (non-hydrogen) atoms. The lowest BCUT2D eigenvalue weighted by Gasteiger charge is -2.40. The zero-order valence-corrected chi connectivity index (χ0v) is 18.1. The molecule has 5 atom stereocenters. The Morgan fingerprint density at radius 1 is 0.971 bits per heavy atom. The molecule has 1 heterocycles. The number of benzene rings is 2. The van der Waals surface area contributed by atoms with E-state index < -0.39 is 60.6 Å². The van der Waals surface area contributed by atoms with Crippen LogP contribution in [0.25, 0.3) is 0 Å². The van der Waals surface area contributed by atoms with Crippen molar-refractivity contribution in [3.63, 3.8) is 0 Å². The monoisotopic (exact) mass is 474 g/mol. The molecule has 0 amide bonds. The van der Waals surface area contributed by atoms with Crippen molar-refractivity contribution in [3.05, 3.63) is 52.1 Å². The molecule has 1 fully saturated rings. The molecule has 2 aromatic rings. The Hall–Kier alpha value is -3.51. The number of ether oxygens (including phenoxy) is 3. The van der Waals surface area contributed by atoms with E-state index in [-0.39, 0.29) is 39.3 Å². The molecule has 1 aliphatic carbocycles. The maximum Gasteiger partial charge on any atom is 0.302 e. The third-order valence-electron chi connectivity index (χ3n) is 5.83. The van der Waals surface area contributed by atoms with Crippen LogP contribution in [0.4, 0.5) is 0 Å². The number of ketones is 2. The van der Waals surface area contributed by atoms with Crippen LogP contribution < -0.4 is 4.74 Å². The Kier molecular flexibility index (Phi) is 6.04. The predicted octanol–water partition coefficient (Wildman–Crippen LogP) is -0.0689. The van der Waals surface area contributed by atoms with E-state index in [4.69, 9.17) is 14.2 Å². The van der Waals surface area contributed by atoms with E-state index >= 15 is 0 Å². The van der Waals surface area contributed by atoms with Crippen molar-refractivity contribution >= 4 is 17.5 Å². The van der Waals surface area contributed by atoms with E-state index in [0.717, 1.165) is 13.0 Å². The summed E-state index contributed by atoms with van der Waals surface area (Å²) in [4.78, 5) is 37.1. The zero-order chi connectivity index (χ0) is 24.9. The van der Waals surface area contributed by atoms with Crippen molar-refractivity contribution in [1.82, 2.24) is 0 Å². The van der Waals surface area contributed by atoms with Gasteiger partial charge in [0.05, 0.1) is 5.56 Å². The highest BCUT2D eigenvalue weighted by Gasteiger charge is 2.46. The standard InChI is InChI=1S/C23H22O11/c1-8-14(33-23-22(31)21(30)20(29)15(34-23)7-32-9(2)24)6-13-16(17(8)26)19(28)11-4-3-10(25)5-12(11)18(13)27/h3-6,15,20-23,25-26,29-31H,7H2,1-2H3/t15-,20+,21-,22+,23-/m0/s1. The third-order valence-corrected chi connectivity index (χ3v) is 5.83. The summed E-state index contributed by atoms with van der Waals surface area (Å²) in [5.74, 6) is -2.80. The minimum Gasteiger partial charge on any atom is -0.508 e. The van der Waals surface area contributed by atoms with Gasteiger partial charge in [-0.2, -0.15) is 0 Å². The number of carbonyl (C=O) groups is 3. The van der Waals surface area contributed by atoms with Crippen molar-refractivity contribution < 1.29 is 54.1 Å². The number of aromatic hydroxyl groups is 2. The van der Waals surface area contributed by atoms with E-state index in [1.54, 1.807) is 0 Å². The van der Waals surface area contributed by atoms with E-state index in [1.165, 1.54) is 25.1 Å². The fourth-order valence-corrected chi connectivity index (χ4v) is 3.95. The molecule has 2 aliphatic rings. The Morgan fingerprint density at radius 2 is 1.68 bits per heavy atom. The average molecular weight is 474 g/mol. The fraction of sp³-hybridized carbons (Fsp3) is 0.348. The van der Waals surface area contributed by atoms with Gasteiger partial charge in [-0.1, -0.05) is 0 Å². The van der Waals surface area contributed by atoms with Crippen molar-refractivity contribution in [2.75, 3.05) is 6.61 Å². The first-order valence-corrected chi connectivity index (χ1v) is 10.3. The summed E-state index contributed by atoms with van der Waals surface area (Å²) in [7, 11) is 0. The highest BCUT2D eigenvalue weighted by molar-refractivity contribution is 6.29. The molecule has 0 bridgehead atoms. The van der Waals surface area contributed by atoms with E-state index in [2.05, 4.69) is 0 Å². The van der Waals surface area contributed by atoms with Gasteiger partial charge in [-0.15, -0.1) is 0 Å². The van der Waals surface area contributed by atoms with Crippen molar-refractivity contribution in [1.29, 1.82) is 0 Å². The van der Waals surface area contributed by atoms with Gasteiger partial charge in [0, 0.05) is 29.2 Å². The molecule has 0 spiro atoms. The van der Waals surface area contributed by atoms with Crippen LogP contribution in [-0.4, -0.2) is 80.4 Å². The predicted molar refractivity (Wildman–Crippen MR) is 112 cm³/mol. The summed E-state index contributed by atoms with van der Waals surface area (Å²) in [6.45, 7) is 2.12. The first kappa shape index (κ1) is 23.6. The van der Waals surface area contributed by atoms with Crippen LogP contribution in [0.1, 0.15) is 44.3 Å². The summed E-state index contributed by atoms with van der Waals surface area (Å²) in [5.41, 5.74) is -0.407. The highest BCUT2D eigenvalue weighted by Crippen LogP contribution is 2.41. The quantitative estimate of drug-likeness (QED) is 0.319. The first-order chi connectivity index (χ1) is 16.0. The number of phenols is 2. The normalized spacial score (nSPS) is 26.0. The van der Waals surface area contributed by atoms with Gasteiger partial charge in [0.2, 0.25) is 6.29 Å². The van der Waals surface area contributed by atoms with Gasteiger partial charge in [-0.05, 0) is 31.2 Å². The number of fused-ring (bicyclic) bond motifs is 2. The van der Waals surface area contributed by atoms with Gasteiger partial charge in [-0.3, -0.25) is 14.4 Å². The maximum absolute atomic E-state index is 13.0. The summed E-state index contributed by atoms with van der Waals surface area (Å²) < 4.78 is 15.9. The highest BCUT2D eigenvalue weighted by atomic mass is 16.7. The van der Waals surface area contributed by atoms with Gasteiger partial charge < -0.3 is 39.7 Å². The summed E-state index contributed by atoms with van der Waals surface area (Å²) in [6, 6.07) is 4.87. The molecular weight excluding hydrogens is 452 g/mol. The summed E-state index contributed by atoms with van der Waals surface area (Å²) >= 11 is 0. The Morgan fingerprint density at radius 3 is 2.35 bits per heavy atom. The second kappa shape index (κ2) is 8.69. The molecule has 0 radical (unpaired) electrons. The number of rotatable bonds is 4. The van der Waals surface area contributed by atoms with Crippen LogP contribution in [0.5, 0.6) is 17.2 Å². The first-order valence-electron chi connectivity index (χ1n) is 10.3. The molecule has 0 saturated carbocycles. The topological polar surface area (TPSA) is 180 Å². The molecule has 0 unspecified atom stereocenters. The molecule has 0 aromatic heterocycles. The van der Waals surface area contributed by atoms with Crippen LogP contribution in [0.2, 0.25) is 0 Å². The maximum atomic E-state index is 13.0. The molecule has 11 heteroatoms. The Balaban J connectivity index is 1.69. The molecule has 2 aromatic carbocycles. The SMILES string of the molecule is CC(=O)OC[C@@H]1O[C@H](Oc2cc3c(c(O)c2C)C(=O)c2ccc(O)cc2C3=O)[C@H](O)[C@@H](O)[C@@H]1O. The lowest BCUT2D eigenvalue weighted by Crippen LogP contribution is -2.60. The second-order valence-corrected chi connectivity index (χ2v) is 8.09. The van der Waals surface area contributed by atoms with Gasteiger partial charge in [0.15, 0.2) is 11.6 Å². The molecule has 1 saturated heterocycles. The number of phenolic OH excluding ortho intramolecular Hbond substituents is 2. The minimum atomic E-state index is -1.74. The van der Waals surface area contributed by atoms with Crippen LogP contribution >= 0.6 is 0 Å². The van der Waals surface area contributed by atoms with Crippen LogP contribution in [0, 0.1) is 6.92 Å². The Labute approximate surface area is 192 Å². The van der Waals surface area contributed by atoms with Crippen molar-refractivity contribution in [2.45, 2.75) is 44.6 Å². The fourth-order valence-electron chi connectivity index (χ4n) is 3.95. The molecular formula is C23H22O11. The minimum absolute atomic E-state index is 0.0233. The number of hydrogen-bond donors (Lipinski definition) is 5. The zero-order valence-electron chi connectivity index (χ0n) is 18.1. The van der Waals surface area contributed by atoms with E-state index in [9.17, 15) is 39.9 Å². The number of carbonyl (C=O) groups excluding carboxylic acids is 3. The number of esters is 1. The average Bonchev–Trinajstić information content (AvgIpc) is 2.79. The van der Waals surface area contributed by atoms with Crippen LogP contribution in [-0.2, 0) is 14.3 Å². The smallest absolute Gasteiger partial charge is 0.302 e. The van der Waals surface area contributed by atoms with Gasteiger partial charge in [-0.25, -0.2) is 0 Å². The molecule has 5 N–H and O–H groups in total. The molecule has 180 valence electrons. The van der Waals surface area contributed by atoms with E-state index in [1.807, 2.05) is 0 Å². The lowest BCUT2D eigenvalue weighted by molar-refractivity contribution is -0.278.